The van der Waals surface area contributed by atoms with Gasteiger partial charge in [0, 0.05) is 12.1 Å². The van der Waals surface area contributed by atoms with Crippen LogP contribution in [-0.2, 0) is 0 Å². The van der Waals surface area contributed by atoms with Crippen molar-refractivity contribution in [2.24, 2.45) is 11.3 Å². The highest BCUT2D eigenvalue weighted by atomic mass is 15.5. The van der Waals surface area contributed by atoms with Crippen molar-refractivity contribution in [3.8, 4) is 0 Å². The smallest absolute Gasteiger partial charge is 0.0649 e. The molecule has 0 saturated carbocycles. The van der Waals surface area contributed by atoms with Crippen molar-refractivity contribution < 1.29 is 0 Å². The zero-order chi connectivity index (χ0) is 12.1. The number of piperidine rings is 1. The largest absolute Gasteiger partial charge is 0.274 e. The molecule has 2 saturated heterocycles. The van der Waals surface area contributed by atoms with Gasteiger partial charge >= 0.3 is 0 Å². The molecule has 2 aliphatic rings. The average Bonchev–Trinajstić information content (AvgIpc) is 2.02. The zero-order valence-electron chi connectivity index (χ0n) is 11.9. The molecule has 2 rings (SSSR count). The topological polar surface area (TPSA) is 6.48 Å². The van der Waals surface area contributed by atoms with Crippen LogP contribution in [-0.4, -0.2) is 34.7 Å². The minimum Gasteiger partial charge on any atom is -0.274 e. The van der Waals surface area contributed by atoms with Crippen LogP contribution < -0.4 is 0 Å². The molecule has 0 amide bonds. The average molecular weight is 224 g/mol. The van der Waals surface area contributed by atoms with Crippen LogP contribution in [0.2, 0.25) is 0 Å². The molecule has 2 fully saturated rings. The Balaban J connectivity index is 1.94. The van der Waals surface area contributed by atoms with Gasteiger partial charge in [-0.05, 0) is 44.9 Å². The number of nitrogens with zero attached hydrogens (tertiary/aromatic N) is 2. The van der Waals surface area contributed by atoms with Crippen LogP contribution in [0.15, 0.2) is 0 Å². The second kappa shape index (κ2) is 3.71. The fraction of sp³-hybridized carbons (Fsp3) is 1.00. The van der Waals surface area contributed by atoms with E-state index < -0.39 is 0 Å². The van der Waals surface area contributed by atoms with Gasteiger partial charge in [-0.25, -0.2) is 0 Å². The Hall–Kier alpha value is -0.0800. The van der Waals surface area contributed by atoms with Crippen molar-refractivity contribution in [2.45, 2.75) is 66.1 Å². The Morgan fingerprint density at radius 2 is 1.56 bits per heavy atom. The predicted molar refractivity (Wildman–Crippen MR) is 69.1 cm³/mol. The summed E-state index contributed by atoms with van der Waals surface area (Å²) >= 11 is 0. The third-order valence-corrected chi connectivity index (χ3v) is 4.43. The van der Waals surface area contributed by atoms with Crippen molar-refractivity contribution in [1.29, 1.82) is 0 Å². The van der Waals surface area contributed by atoms with Gasteiger partial charge in [0.05, 0.1) is 12.8 Å². The summed E-state index contributed by atoms with van der Waals surface area (Å²) in [6.07, 6.45) is 3.50. The van der Waals surface area contributed by atoms with Crippen molar-refractivity contribution in [1.82, 2.24) is 9.80 Å². The first-order valence-corrected chi connectivity index (χ1v) is 6.70. The summed E-state index contributed by atoms with van der Waals surface area (Å²) in [5.74, 6) is 0.880. The van der Waals surface area contributed by atoms with Gasteiger partial charge in [0.2, 0.25) is 0 Å². The van der Waals surface area contributed by atoms with Gasteiger partial charge in [-0.1, -0.05) is 20.8 Å². The maximum absolute atomic E-state index is 2.67. The molecule has 0 radical (unpaired) electrons. The molecule has 0 aromatic rings. The van der Waals surface area contributed by atoms with Crippen LogP contribution in [0.3, 0.4) is 0 Å². The summed E-state index contributed by atoms with van der Waals surface area (Å²) in [4.78, 5) is 5.32. The van der Waals surface area contributed by atoms with Crippen LogP contribution in [0.4, 0.5) is 0 Å². The van der Waals surface area contributed by atoms with E-state index in [2.05, 4.69) is 51.3 Å². The van der Waals surface area contributed by atoms with Crippen molar-refractivity contribution in [2.75, 3.05) is 13.2 Å². The lowest BCUT2D eigenvalue weighted by Crippen LogP contribution is -2.71. The Bertz CT molecular complexity index is 245. The monoisotopic (exact) mass is 224 g/mol. The van der Waals surface area contributed by atoms with Crippen LogP contribution in [0.25, 0.3) is 0 Å². The minimum atomic E-state index is 0.343. The second-order valence-corrected chi connectivity index (χ2v) is 7.67. The fourth-order valence-electron chi connectivity index (χ4n) is 3.09. The zero-order valence-corrected chi connectivity index (χ0v) is 11.9. The van der Waals surface area contributed by atoms with E-state index in [0.29, 0.717) is 11.0 Å². The lowest BCUT2D eigenvalue weighted by Gasteiger charge is -2.61. The summed E-state index contributed by atoms with van der Waals surface area (Å²) in [7, 11) is 0. The summed E-state index contributed by atoms with van der Waals surface area (Å²) in [5, 5.41) is 0. The first kappa shape index (κ1) is 12.4. The van der Waals surface area contributed by atoms with Gasteiger partial charge in [0.15, 0.2) is 0 Å². The third-order valence-electron chi connectivity index (χ3n) is 4.43. The summed E-state index contributed by atoms with van der Waals surface area (Å²) < 4.78 is 0. The summed E-state index contributed by atoms with van der Waals surface area (Å²) in [5.41, 5.74) is 0.822. The molecule has 0 N–H and O–H groups in total. The van der Waals surface area contributed by atoms with Gasteiger partial charge in [-0.15, -0.1) is 0 Å². The Kier molecular flexibility index (Phi) is 2.87. The Labute approximate surface area is 101 Å². The third kappa shape index (κ3) is 2.14. The first-order valence-electron chi connectivity index (χ1n) is 6.70. The lowest BCUT2D eigenvalue weighted by molar-refractivity contribution is -0.186. The standard InChI is InChI=1S/C14H28N2/c1-13(2,3)11-7-8-12-15(9-11)10-16(12)14(4,5)6/h11-12H,7-10H2,1-6H3. The molecule has 2 aliphatic heterocycles. The number of rotatable bonds is 0. The Morgan fingerprint density at radius 1 is 0.938 bits per heavy atom. The maximum atomic E-state index is 2.67. The van der Waals surface area contributed by atoms with E-state index in [1.54, 1.807) is 0 Å². The molecule has 2 heterocycles. The molecular weight excluding hydrogens is 196 g/mol. The molecule has 2 heteroatoms. The maximum Gasteiger partial charge on any atom is 0.0649 e. The van der Waals surface area contributed by atoms with E-state index in [4.69, 9.17) is 0 Å². The van der Waals surface area contributed by atoms with Gasteiger partial charge in [0.1, 0.15) is 0 Å². The normalized spacial score (nSPS) is 33.4. The van der Waals surface area contributed by atoms with Crippen molar-refractivity contribution in [3.63, 3.8) is 0 Å². The van der Waals surface area contributed by atoms with Crippen LogP contribution in [0.1, 0.15) is 54.4 Å². The quantitative estimate of drug-likeness (QED) is 0.624. The number of hydrogen-bond donors (Lipinski definition) is 0. The van der Waals surface area contributed by atoms with Gasteiger partial charge in [0.25, 0.3) is 0 Å². The molecule has 0 aromatic carbocycles. The lowest BCUT2D eigenvalue weighted by atomic mass is 9.74. The molecule has 0 bridgehead atoms. The van der Waals surface area contributed by atoms with Crippen LogP contribution in [0, 0.1) is 11.3 Å². The molecule has 0 aromatic heterocycles. The van der Waals surface area contributed by atoms with Crippen molar-refractivity contribution >= 4 is 0 Å². The highest BCUT2D eigenvalue weighted by Gasteiger charge is 2.46. The number of hydrogen-bond acceptors (Lipinski definition) is 2. The molecule has 2 unspecified atom stereocenters. The van der Waals surface area contributed by atoms with E-state index >= 15 is 0 Å². The van der Waals surface area contributed by atoms with Crippen LogP contribution in [0.5, 0.6) is 0 Å². The van der Waals surface area contributed by atoms with E-state index in [1.165, 1.54) is 26.1 Å². The molecule has 94 valence electrons. The van der Waals surface area contributed by atoms with Gasteiger partial charge in [-0.3, -0.25) is 9.80 Å². The predicted octanol–water partition coefficient (Wildman–Crippen LogP) is 3.14. The van der Waals surface area contributed by atoms with E-state index in [0.717, 1.165) is 12.1 Å². The van der Waals surface area contributed by atoms with E-state index in [9.17, 15) is 0 Å². The number of fused-ring (bicyclic) bond motifs is 1. The molecule has 0 aliphatic carbocycles. The van der Waals surface area contributed by atoms with E-state index in [1.807, 2.05) is 0 Å². The minimum absolute atomic E-state index is 0.343. The van der Waals surface area contributed by atoms with Crippen molar-refractivity contribution in [3.05, 3.63) is 0 Å². The summed E-state index contributed by atoms with van der Waals surface area (Å²) in [6.45, 7) is 16.7. The Morgan fingerprint density at radius 3 is 2.00 bits per heavy atom. The van der Waals surface area contributed by atoms with Gasteiger partial charge < -0.3 is 0 Å². The highest BCUT2D eigenvalue weighted by Crippen LogP contribution is 2.41. The molecule has 16 heavy (non-hydrogen) atoms. The highest BCUT2D eigenvalue weighted by molar-refractivity contribution is 4.96. The SMILES string of the molecule is CC(C)(C)C1CCC2N(C1)CN2C(C)(C)C. The molecule has 2 atom stereocenters. The van der Waals surface area contributed by atoms with E-state index in [-0.39, 0.29) is 0 Å². The molecular formula is C14H28N2. The molecule has 2 nitrogen and oxygen atoms in total. The molecule has 0 spiro atoms. The van der Waals surface area contributed by atoms with Gasteiger partial charge in [-0.2, -0.15) is 0 Å². The fourth-order valence-corrected chi connectivity index (χ4v) is 3.09. The summed E-state index contributed by atoms with van der Waals surface area (Å²) in [6, 6.07) is 0. The first-order chi connectivity index (χ1) is 7.19. The second-order valence-electron chi connectivity index (χ2n) is 7.67. The van der Waals surface area contributed by atoms with Crippen LogP contribution >= 0.6 is 0 Å².